The summed E-state index contributed by atoms with van der Waals surface area (Å²) in [6, 6.07) is 7.10. The molecule has 17 heavy (non-hydrogen) atoms. The first kappa shape index (κ1) is 12.4. The molecule has 1 saturated carbocycles. The molecule has 1 fully saturated rings. The van der Waals surface area contributed by atoms with Crippen LogP contribution in [0.2, 0.25) is 0 Å². The first-order valence-electron chi connectivity index (χ1n) is 6.10. The van der Waals surface area contributed by atoms with Crippen molar-refractivity contribution in [3.63, 3.8) is 0 Å². The number of benzene rings is 1. The van der Waals surface area contributed by atoms with Crippen molar-refractivity contribution in [3.05, 3.63) is 24.3 Å². The molecule has 2 rings (SSSR count). The van der Waals surface area contributed by atoms with Crippen molar-refractivity contribution in [3.8, 4) is 0 Å². The van der Waals surface area contributed by atoms with Gasteiger partial charge in [-0.1, -0.05) is 31.4 Å². The average Bonchev–Trinajstić information content (AvgIpc) is 2.21. The van der Waals surface area contributed by atoms with Gasteiger partial charge in [-0.25, -0.2) is 8.42 Å². The minimum Gasteiger partial charge on any atom is -0.384 e. The van der Waals surface area contributed by atoms with Crippen molar-refractivity contribution >= 4 is 15.5 Å². The maximum absolute atomic E-state index is 11.6. The van der Waals surface area contributed by atoms with Crippen LogP contribution in [0.3, 0.4) is 0 Å². The zero-order valence-corrected chi connectivity index (χ0v) is 11.0. The summed E-state index contributed by atoms with van der Waals surface area (Å²) in [5.41, 5.74) is 0.731. The number of sulfone groups is 1. The van der Waals surface area contributed by atoms with Gasteiger partial charge >= 0.3 is 0 Å². The third-order valence-electron chi connectivity index (χ3n) is 3.38. The maximum Gasteiger partial charge on any atom is 0.177 e. The van der Waals surface area contributed by atoms with Gasteiger partial charge in [0.1, 0.15) is 0 Å². The normalized spacial score (nSPS) is 16.5. The smallest absolute Gasteiger partial charge is 0.177 e. The maximum atomic E-state index is 11.6. The quantitative estimate of drug-likeness (QED) is 0.877. The Morgan fingerprint density at radius 3 is 2.59 bits per heavy atom. The Bertz CT molecular complexity index is 478. The zero-order chi connectivity index (χ0) is 12.3. The SMILES string of the molecule is CS(=O)(=O)c1ccccc1NCCC1CCC1. The van der Waals surface area contributed by atoms with E-state index in [1.807, 2.05) is 12.1 Å². The monoisotopic (exact) mass is 253 g/mol. The Morgan fingerprint density at radius 2 is 2.00 bits per heavy atom. The van der Waals surface area contributed by atoms with E-state index < -0.39 is 9.84 Å². The van der Waals surface area contributed by atoms with E-state index in [9.17, 15) is 8.42 Å². The largest absolute Gasteiger partial charge is 0.384 e. The zero-order valence-electron chi connectivity index (χ0n) is 10.1. The Kier molecular flexibility index (Phi) is 3.72. The van der Waals surface area contributed by atoms with Crippen molar-refractivity contribution in [2.45, 2.75) is 30.6 Å². The second-order valence-electron chi connectivity index (χ2n) is 4.78. The highest BCUT2D eigenvalue weighted by Crippen LogP contribution is 2.29. The highest BCUT2D eigenvalue weighted by molar-refractivity contribution is 7.90. The topological polar surface area (TPSA) is 46.2 Å². The Labute approximate surface area is 103 Å². The summed E-state index contributed by atoms with van der Waals surface area (Å²) in [4.78, 5) is 0.397. The number of para-hydroxylation sites is 1. The number of hydrogen-bond acceptors (Lipinski definition) is 3. The van der Waals surface area contributed by atoms with Gasteiger partial charge in [-0.15, -0.1) is 0 Å². The molecule has 0 saturated heterocycles. The van der Waals surface area contributed by atoms with Crippen LogP contribution in [0.25, 0.3) is 0 Å². The van der Waals surface area contributed by atoms with Crippen LogP contribution >= 0.6 is 0 Å². The lowest BCUT2D eigenvalue weighted by Gasteiger charge is -2.25. The minimum absolute atomic E-state index is 0.397. The number of hydrogen-bond donors (Lipinski definition) is 1. The molecule has 1 aliphatic rings. The van der Waals surface area contributed by atoms with Gasteiger partial charge in [0, 0.05) is 12.8 Å². The summed E-state index contributed by atoms with van der Waals surface area (Å²) < 4.78 is 23.2. The standard InChI is InChI=1S/C13H19NO2S/c1-17(15,16)13-8-3-2-7-12(13)14-10-9-11-5-4-6-11/h2-3,7-8,11,14H,4-6,9-10H2,1H3. The van der Waals surface area contributed by atoms with Crippen LogP contribution in [0.15, 0.2) is 29.2 Å². The predicted octanol–water partition coefficient (Wildman–Crippen LogP) is 2.69. The van der Waals surface area contributed by atoms with E-state index in [1.54, 1.807) is 12.1 Å². The van der Waals surface area contributed by atoms with Crippen LogP contribution in [0.1, 0.15) is 25.7 Å². The van der Waals surface area contributed by atoms with Crippen LogP contribution in [0, 0.1) is 5.92 Å². The molecule has 4 heteroatoms. The molecule has 1 aromatic carbocycles. The molecule has 0 amide bonds. The lowest BCUT2D eigenvalue weighted by molar-refractivity contribution is 0.303. The van der Waals surface area contributed by atoms with Crippen LogP contribution < -0.4 is 5.32 Å². The average molecular weight is 253 g/mol. The third kappa shape index (κ3) is 3.22. The molecular formula is C13H19NO2S. The molecule has 0 spiro atoms. The fourth-order valence-corrected chi connectivity index (χ4v) is 2.99. The van der Waals surface area contributed by atoms with Crippen molar-refractivity contribution in [1.82, 2.24) is 0 Å². The molecule has 1 aliphatic carbocycles. The molecule has 0 aromatic heterocycles. The molecule has 0 atom stereocenters. The highest BCUT2D eigenvalue weighted by Gasteiger charge is 2.17. The number of rotatable bonds is 5. The van der Waals surface area contributed by atoms with Crippen molar-refractivity contribution in [1.29, 1.82) is 0 Å². The molecule has 3 nitrogen and oxygen atoms in total. The second-order valence-corrected chi connectivity index (χ2v) is 6.76. The molecule has 0 radical (unpaired) electrons. The van der Waals surface area contributed by atoms with Crippen molar-refractivity contribution in [2.75, 3.05) is 18.1 Å². The minimum atomic E-state index is -3.14. The van der Waals surface area contributed by atoms with E-state index >= 15 is 0 Å². The summed E-state index contributed by atoms with van der Waals surface area (Å²) in [6.45, 7) is 0.858. The van der Waals surface area contributed by atoms with Crippen LogP contribution in [-0.4, -0.2) is 21.2 Å². The molecule has 1 aromatic rings. The van der Waals surface area contributed by atoms with Crippen LogP contribution in [0.4, 0.5) is 5.69 Å². The summed E-state index contributed by atoms with van der Waals surface area (Å²) in [5.74, 6) is 0.841. The third-order valence-corrected chi connectivity index (χ3v) is 4.53. The number of anilines is 1. The van der Waals surface area contributed by atoms with Gasteiger partial charge in [0.25, 0.3) is 0 Å². The van der Waals surface area contributed by atoms with Gasteiger partial charge in [-0.2, -0.15) is 0 Å². The van der Waals surface area contributed by atoms with E-state index in [-0.39, 0.29) is 0 Å². The molecule has 94 valence electrons. The van der Waals surface area contributed by atoms with Crippen molar-refractivity contribution < 1.29 is 8.42 Å². The molecule has 0 bridgehead atoms. The number of nitrogens with one attached hydrogen (secondary N) is 1. The second kappa shape index (κ2) is 5.08. The fraction of sp³-hybridized carbons (Fsp3) is 0.538. The van der Waals surface area contributed by atoms with Gasteiger partial charge in [-0.3, -0.25) is 0 Å². The van der Waals surface area contributed by atoms with E-state index in [4.69, 9.17) is 0 Å². The summed E-state index contributed by atoms with van der Waals surface area (Å²) >= 11 is 0. The lowest BCUT2D eigenvalue weighted by atomic mass is 9.83. The van der Waals surface area contributed by atoms with E-state index in [1.165, 1.54) is 25.5 Å². The highest BCUT2D eigenvalue weighted by atomic mass is 32.2. The van der Waals surface area contributed by atoms with Crippen LogP contribution in [-0.2, 0) is 9.84 Å². The predicted molar refractivity (Wildman–Crippen MR) is 70.0 cm³/mol. The van der Waals surface area contributed by atoms with Gasteiger partial charge in [-0.05, 0) is 24.5 Å². The summed E-state index contributed by atoms with van der Waals surface area (Å²) in [7, 11) is -3.14. The van der Waals surface area contributed by atoms with Gasteiger partial charge in [0.05, 0.1) is 10.6 Å². The molecular weight excluding hydrogens is 234 g/mol. The molecule has 0 heterocycles. The Balaban J connectivity index is 1.99. The fourth-order valence-electron chi connectivity index (χ4n) is 2.13. The molecule has 0 aliphatic heterocycles. The summed E-state index contributed by atoms with van der Waals surface area (Å²) in [6.07, 6.45) is 6.40. The van der Waals surface area contributed by atoms with Crippen molar-refractivity contribution in [2.24, 2.45) is 5.92 Å². The first-order chi connectivity index (χ1) is 8.07. The molecule has 1 N–H and O–H groups in total. The van der Waals surface area contributed by atoms with E-state index in [0.717, 1.165) is 24.6 Å². The summed E-state index contributed by atoms with van der Waals surface area (Å²) in [5, 5.41) is 3.24. The van der Waals surface area contributed by atoms with E-state index in [0.29, 0.717) is 4.90 Å². The first-order valence-corrected chi connectivity index (χ1v) is 7.99. The Hall–Kier alpha value is -1.03. The molecule has 0 unspecified atom stereocenters. The van der Waals surface area contributed by atoms with Crippen LogP contribution in [0.5, 0.6) is 0 Å². The van der Waals surface area contributed by atoms with Gasteiger partial charge < -0.3 is 5.32 Å². The Morgan fingerprint density at radius 1 is 1.29 bits per heavy atom. The van der Waals surface area contributed by atoms with E-state index in [2.05, 4.69) is 5.32 Å². The van der Waals surface area contributed by atoms with Gasteiger partial charge in [0.2, 0.25) is 0 Å². The lowest BCUT2D eigenvalue weighted by Crippen LogP contribution is -2.16. The van der Waals surface area contributed by atoms with Gasteiger partial charge in [0.15, 0.2) is 9.84 Å².